The summed E-state index contributed by atoms with van der Waals surface area (Å²) in [6, 6.07) is 0. The van der Waals surface area contributed by atoms with Gasteiger partial charge in [0.2, 0.25) is 0 Å². The fraction of sp³-hybridized carbons (Fsp3) is 1.00. The lowest BCUT2D eigenvalue weighted by molar-refractivity contribution is 0.427. The number of nitrogens with two attached hydrogens (primary N) is 1. The molecule has 0 radical (unpaired) electrons. The smallest absolute Gasteiger partial charge is 0.00746 e. The molecule has 70 valence electrons. The zero-order chi connectivity index (χ0) is 7.82. The molecule has 0 spiro atoms. The van der Waals surface area contributed by atoms with Crippen LogP contribution in [-0.4, -0.2) is 6.54 Å². The molecular weight excluding hydrogens is 158 g/mol. The molecule has 0 rings (SSSR count). The second kappa shape index (κ2) is 10.2. The van der Waals surface area contributed by atoms with E-state index in [1.54, 1.807) is 0 Å². The van der Waals surface area contributed by atoms with Crippen LogP contribution in [0.15, 0.2) is 0 Å². The zero-order valence-electron chi connectivity index (χ0n) is 7.81. The van der Waals surface area contributed by atoms with E-state index < -0.39 is 0 Å². The largest absolute Gasteiger partial charge is 0.330 e. The SMILES string of the molecule is CCCCC(CC)CCN.Cl. The van der Waals surface area contributed by atoms with E-state index in [9.17, 15) is 0 Å². The average molecular weight is 180 g/mol. The highest BCUT2D eigenvalue weighted by Crippen LogP contribution is 2.14. The van der Waals surface area contributed by atoms with Crippen molar-refractivity contribution in [3.8, 4) is 0 Å². The Morgan fingerprint density at radius 1 is 1.18 bits per heavy atom. The molecule has 0 fully saturated rings. The van der Waals surface area contributed by atoms with E-state index >= 15 is 0 Å². The average Bonchev–Trinajstić information content (AvgIpc) is 1.98. The van der Waals surface area contributed by atoms with Crippen molar-refractivity contribution < 1.29 is 0 Å². The molecule has 1 atom stereocenters. The van der Waals surface area contributed by atoms with Crippen molar-refractivity contribution in [2.24, 2.45) is 11.7 Å². The van der Waals surface area contributed by atoms with Crippen LogP contribution in [0.25, 0.3) is 0 Å². The standard InChI is InChI=1S/C9H21N.ClH/c1-3-5-6-9(4-2)7-8-10;/h9H,3-8,10H2,1-2H3;1H. The quantitative estimate of drug-likeness (QED) is 0.667. The molecule has 0 aromatic heterocycles. The number of rotatable bonds is 6. The Morgan fingerprint density at radius 3 is 2.18 bits per heavy atom. The Bertz CT molecular complexity index is 66.6. The summed E-state index contributed by atoms with van der Waals surface area (Å²) < 4.78 is 0. The van der Waals surface area contributed by atoms with Crippen molar-refractivity contribution in [2.75, 3.05) is 6.54 Å². The van der Waals surface area contributed by atoms with Gasteiger partial charge in [-0.2, -0.15) is 0 Å². The molecule has 2 N–H and O–H groups in total. The van der Waals surface area contributed by atoms with Crippen LogP contribution >= 0.6 is 12.4 Å². The van der Waals surface area contributed by atoms with Gasteiger partial charge < -0.3 is 5.73 Å². The van der Waals surface area contributed by atoms with Crippen molar-refractivity contribution in [2.45, 2.75) is 46.0 Å². The van der Waals surface area contributed by atoms with Gasteiger partial charge in [0.15, 0.2) is 0 Å². The van der Waals surface area contributed by atoms with E-state index in [0.29, 0.717) is 0 Å². The number of hydrogen-bond acceptors (Lipinski definition) is 1. The van der Waals surface area contributed by atoms with E-state index in [1.807, 2.05) is 0 Å². The lowest BCUT2D eigenvalue weighted by atomic mass is 9.96. The summed E-state index contributed by atoms with van der Waals surface area (Å²) in [6.45, 7) is 5.37. The normalized spacial score (nSPS) is 12.3. The summed E-state index contributed by atoms with van der Waals surface area (Å²) in [7, 11) is 0. The molecule has 0 aromatic rings. The predicted molar refractivity (Wildman–Crippen MR) is 54.2 cm³/mol. The molecule has 11 heavy (non-hydrogen) atoms. The Morgan fingerprint density at radius 2 is 1.82 bits per heavy atom. The topological polar surface area (TPSA) is 26.0 Å². The third-order valence-electron chi connectivity index (χ3n) is 2.12. The maximum atomic E-state index is 5.48. The van der Waals surface area contributed by atoms with Crippen molar-refractivity contribution in [1.29, 1.82) is 0 Å². The minimum Gasteiger partial charge on any atom is -0.330 e. The van der Waals surface area contributed by atoms with Crippen molar-refractivity contribution >= 4 is 12.4 Å². The fourth-order valence-electron chi connectivity index (χ4n) is 1.28. The number of halogens is 1. The van der Waals surface area contributed by atoms with E-state index in [0.717, 1.165) is 12.5 Å². The van der Waals surface area contributed by atoms with Crippen LogP contribution in [0, 0.1) is 5.92 Å². The molecule has 0 saturated heterocycles. The van der Waals surface area contributed by atoms with Crippen LogP contribution in [0.3, 0.4) is 0 Å². The van der Waals surface area contributed by atoms with Crippen molar-refractivity contribution in [3.05, 3.63) is 0 Å². The third kappa shape index (κ3) is 8.15. The van der Waals surface area contributed by atoms with Crippen LogP contribution in [0.2, 0.25) is 0 Å². The highest BCUT2D eigenvalue weighted by molar-refractivity contribution is 5.85. The van der Waals surface area contributed by atoms with E-state index in [-0.39, 0.29) is 12.4 Å². The molecule has 0 heterocycles. The van der Waals surface area contributed by atoms with Gasteiger partial charge in [0.05, 0.1) is 0 Å². The minimum absolute atomic E-state index is 0. The van der Waals surface area contributed by atoms with E-state index in [4.69, 9.17) is 5.73 Å². The van der Waals surface area contributed by atoms with Crippen molar-refractivity contribution in [3.63, 3.8) is 0 Å². The Labute approximate surface area is 77.2 Å². The first-order chi connectivity index (χ1) is 4.85. The number of unbranched alkanes of at least 4 members (excludes halogenated alkanes) is 1. The highest BCUT2D eigenvalue weighted by atomic mass is 35.5. The van der Waals surface area contributed by atoms with Crippen LogP contribution < -0.4 is 5.73 Å². The second-order valence-electron chi connectivity index (χ2n) is 2.99. The van der Waals surface area contributed by atoms with Gasteiger partial charge in [-0.1, -0.05) is 39.5 Å². The molecule has 1 unspecified atom stereocenters. The second-order valence-corrected chi connectivity index (χ2v) is 2.99. The maximum Gasteiger partial charge on any atom is -0.00746 e. The molecule has 1 nitrogen and oxygen atoms in total. The van der Waals surface area contributed by atoms with Crippen LogP contribution in [-0.2, 0) is 0 Å². The summed E-state index contributed by atoms with van der Waals surface area (Å²) in [5.74, 6) is 0.893. The minimum atomic E-state index is 0. The third-order valence-corrected chi connectivity index (χ3v) is 2.12. The zero-order valence-corrected chi connectivity index (χ0v) is 8.62. The molecule has 0 aliphatic carbocycles. The van der Waals surface area contributed by atoms with Crippen LogP contribution in [0.1, 0.15) is 46.0 Å². The van der Waals surface area contributed by atoms with Crippen LogP contribution in [0.5, 0.6) is 0 Å². The molecule has 0 aliphatic rings. The first-order valence-corrected chi connectivity index (χ1v) is 4.55. The Hall–Kier alpha value is 0.250. The lowest BCUT2D eigenvalue weighted by Crippen LogP contribution is -2.07. The predicted octanol–water partition coefficient (Wildman–Crippen LogP) is 2.97. The summed E-state index contributed by atoms with van der Waals surface area (Å²) in [5.41, 5.74) is 5.48. The molecule has 0 aliphatic heterocycles. The molecule has 0 saturated carbocycles. The van der Waals surface area contributed by atoms with Gasteiger partial charge in [-0.15, -0.1) is 12.4 Å². The Kier molecular flexibility index (Phi) is 12.9. The lowest BCUT2D eigenvalue weighted by Gasteiger charge is -2.11. The molecule has 2 heteroatoms. The van der Waals surface area contributed by atoms with Crippen LogP contribution in [0.4, 0.5) is 0 Å². The van der Waals surface area contributed by atoms with Gasteiger partial charge in [0.25, 0.3) is 0 Å². The van der Waals surface area contributed by atoms with E-state index in [1.165, 1.54) is 32.1 Å². The summed E-state index contributed by atoms with van der Waals surface area (Å²) in [6.07, 6.45) is 6.59. The monoisotopic (exact) mass is 179 g/mol. The van der Waals surface area contributed by atoms with Crippen molar-refractivity contribution in [1.82, 2.24) is 0 Å². The van der Waals surface area contributed by atoms with Gasteiger partial charge in [-0.05, 0) is 18.9 Å². The molecular formula is C9H22ClN. The fourth-order valence-corrected chi connectivity index (χ4v) is 1.28. The maximum absolute atomic E-state index is 5.48. The highest BCUT2D eigenvalue weighted by Gasteiger charge is 2.02. The molecule has 0 bridgehead atoms. The first kappa shape index (κ1) is 13.8. The summed E-state index contributed by atoms with van der Waals surface area (Å²) >= 11 is 0. The molecule has 0 amide bonds. The van der Waals surface area contributed by atoms with E-state index in [2.05, 4.69) is 13.8 Å². The number of hydrogen-bond donors (Lipinski definition) is 1. The Balaban J connectivity index is 0. The summed E-state index contributed by atoms with van der Waals surface area (Å²) in [4.78, 5) is 0. The first-order valence-electron chi connectivity index (χ1n) is 4.55. The summed E-state index contributed by atoms with van der Waals surface area (Å²) in [5, 5.41) is 0. The van der Waals surface area contributed by atoms with Gasteiger partial charge >= 0.3 is 0 Å². The van der Waals surface area contributed by atoms with Gasteiger partial charge in [-0.25, -0.2) is 0 Å². The van der Waals surface area contributed by atoms with Gasteiger partial charge in [0.1, 0.15) is 0 Å². The molecule has 0 aromatic carbocycles. The van der Waals surface area contributed by atoms with Gasteiger partial charge in [-0.3, -0.25) is 0 Å². The van der Waals surface area contributed by atoms with Gasteiger partial charge in [0, 0.05) is 0 Å².